The minimum absolute atomic E-state index is 0.0226. The van der Waals surface area contributed by atoms with Gasteiger partial charge in [-0.25, -0.2) is 9.59 Å². The molecule has 0 saturated carbocycles. The molecule has 4 aromatic rings. The molecular weight excluding hydrogens is 514 g/mol. The SMILES string of the molecule is COC(=O)C1=C(C(=O)OC)N(c2ccc(-c3ccc(-c4ccccc4)cc3)cc2)C(N)=C(C#N)C1c1ccccc1. The van der Waals surface area contributed by atoms with Crippen LogP contribution < -0.4 is 10.6 Å². The van der Waals surface area contributed by atoms with E-state index < -0.39 is 17.9 Å². The van der Waals surface area contributed by atoms with Crippen molar-refractivity contribution in [3.05, 3.63) is 137 Å². The van der Waals surface area contributed by atoms with E-state index in [0.29, 0.717) is 11.3 Å². The standard InChI is InChI=1S/C34H27N3O4/c1-40-33(38)30-29(26-11-7-4-8-12-26)28(21-35)32(36)37(31(30)34(39)41-2)27-19-17-25(18-20-27)24-15-13-23(14-16-24)22-9-5-3-6-10-22/h3-20,29H,36H2,1-2H3. The highest BCUT2D eigenvalue weighted by molar-refractivity contribution is 6.06. The summed E-state index contributed by atoms with van der Waals surface area (Å²) in [6.07, 6.45) is 0. The van der Waals surface area contributed by atoms with Crippen LogP contribution in [-0.2, 0) is 19.1 Å². The van der Waals surface area contributed by atoms with Gasteiger partial charge in [-0.1, -0.05) is 97.1 Å². The van der Waals surface area contributed by atoms with Crippen molar-refractivity contribution in [1.82, 2.24) is 0 Å². The number of ether oxygens (including phenoxy) is 2. The summed E-state index contributed by atoms with van der Waals surface area (Å²) in [5.74, 6) is -2.44. The summed E-state index contributed by atoms with van der Waals surface area (Å²) in [6, 6.07) is 36.7. The number of nitrogens with zero attached hydrogens (tertiary/aromatic N) is 2. The van der Waals surface area contributed by atoms with E-state index in [0.717, 1.165) is 22.3 Å². The largest absolute Gasteiger partial charge is 0.466 e. The summed E-state index contributed by atoms with van der Waals surface area (Å²) >= 11 is 0. The Balaban J connectivity index is 1.60. The van der Waals surface area contributed by atoms with Crippen LogP contribution in [0.3, 0.4) is 0 Å². The number of rotatable bonds is 6. The smallest absolute Gasteiger partial charge is 0.355 e. The van der Waals surface area contributed by atoms with Crippen LogP contribution in [0.1, 0.15) is 11.5 Å². The van der Waals surface area contributed by atoms with Crippen molar-refractivity contribution in [1.29, 1.82) is 5.26 Å². The third-order valence-electron chi connectivity index (χ3n) is 7.06. The average Bonchev–Trinajstić information content (AvgIpc) is 3.04. The number of methoxy groups -OCH3 is 2. The molecule has 7 heteroatoms. The Morgan fingerprint density at radius 1 is 0.707 bits per heavy atom. The summed E-state index contributed by atoms with van der Waals surface area (Å²) in [7, 11) is 2.45. The van der Waals surface area contributed by atoms with Crippen molar-refractivity contribution in [2.45, 2.75) is 5.92 Å². The second-order valence-electron chi connectivity index (χ2n) is 9.33. The molecule has 7 nitrogen and oxygen atoms in total. The second kappa shape index (κ2) is 11.6. The van der Waals surface area contributed by atoms with Gasteiger partial charge in [-0.15, -0.1) is 0 Å². The summed E-state index contributed by atoms with van der Waals surface area (Å²) in [5.41, 5.74) is 11.8. The number of carbonyl (C=O) groups is 2. The normalized spacial score (nSPS) is 14.9. The predicted molar refractivity (Wildman–Crippen MR) is 157 cm³/mol. The van der Waals surface area contributed by atoms with Crippen LogP contribution in [0.15, 0.2) is 132 Å². The zero-order chi connectivity index (χ0) is 28.9. The van der Waals surface area contributed by atoms with Gasteiger partial charge in [-0.3, -0.25) is 4.90 Å². The van der Waals surface area contributed by atoms with Gasteiger partial charge >= 0.3 is 11.9 Å². The number of benzene rings is 4. The maximum atomic E-state index is 13.2. The van der Waals surface area contributed by atoms with Gasteiger partial charge in [-0.05, 0) is 39.9 Å². The van der Waals surface area contributed by atoms with Gasteiger partial charge < -0.3 is 15.2 Å². The van der Waals surface area contributed by atoms with Crippen molar-refractivity contribution in [3.63, 3.8) is 0 Å². The number of hydrogen-bond acceptors (Lipinski definition) is 7. The molecule has 1 heterocycles. The molecule has 5 rings (SSSR count). The van der Waals surface area contributed by atoms with Gasteiger partial charge in [0.15, 0.2) is 0 Å². The lowest BCUT2D eigenvalue weighted by Gasteiger charge is -2.36. The monoisotopic (exact) mass is 541 g/mol. The van der Waals surface area contributed by atoms with Crippen molar-refractivity contribution >= 4 is 17.6 Å². The molecule has 1 atom stereocenters. The van der Waals surface area contributed by atoms with Crippen LogP contribution >= 0.6 is 0 Å². The fourth-order valence-electron chi connectivity index (χ4n) is 5.07. The highest BCUT2D eigenvalue weighted by atomic mass is 16.5. The van der Waals surface area contributed by atoms with Gasteiger partial charge in [0.25, 0.3) is 0 Å². The van der Waals surface area contributed by atoms with Crippen molar-refractivity contribution in [2.24, 2.45) is 5.73 Å². The van der Waals surface area contributed by atoms with E-state index in [1.54, 1.807) is 36.4 Å². The molecule has 0 aromatic heterocycles. The first-order chi connectivity index (χ1) is 20.0. The predicted octanol–water partition coefficient (Wildman–Crippen LogP) is 5.92. The number of anilines is 1. The Kier molecular flexibility index (Phi) is 7.66. The number of allylic oxidation sites excluding steroid dienone is 1. The van der Waals surface area contributed by atoms with Gasteiger partial charge in [-0.2, -0.15) is 5.26 Å². The van der Waals surface area contributed by atoms with Crippen LogP contribution in [0.25, 0.3) is 22.3 Å². The van der Waals surface area contributed by atoms with Gasteiger partial charge in [0.05, 0.1) is 37.4 Å². The molecule has 1 aliphatic heterocycles. The third kappa shape index (κ3) is 5.07. The lowest BCUT2D eigenvalue weighted by atomic mass is 9.81. The molecular formula is C34H27N3O4. The number of nitrogens with two attached hydrogens (primary N) is 1. The molecule has 202 valence electrons. The van der Waals surface area contributed by atoms with E-state index in [1.165, 1.54) is 19.1 Å². The highest BCUT2D eigenvalue weighted by Crippen LogP contribution is 2.43. The van der Waals surface area contributed by atoms with Crippen molar-refractivity contribution < 1.29 is 19.1 Å². The molecule has 0 amide bonds. The Morgan fingerprint density at radius 2 is 1.17 bits per heavy atom. The van der Waals surface area contributed by atoms with Crippen LogP contribution in [-0.4, -0.2) is 26.2 Å². The van der Waals surface area contributed by atoms with Crippen LogP contribution in [0.5, 0.6) is 0 Å². The number of carbonyl (C=O) groups excluding carboxylic acids is 2. The average molecular weight is 542 g/mol. The molecule has 1 unspecified atom stereocenters. The Bertz CT molecular complexity index is 1690. The summed E-state index contributed by atoms with van der Waals surface area (Å²) in [6.45, 7) is 0. The van der Waals surface area contributed by atoms with Crippen molar-refractivity contribution in [3.8, 4) is 28.3 Å². The maximum absolute atomic E-state index is 13.2. The molecule has 1 aliphatic rings. The Labute approximate surface area is 238 Å². The molecule has 41 heavy (non-hydrogen) atoms. The van der Waals surface area contributed by atoms with Crippen LogP contribution in [0, 0.1) is 11.3 Å². The molecule has 0 spiro atoms. The molecule has 0 saturated heterocycles. The quantitative estimate of drug-likeness (QED) is 0.302. The summed E-state index contributed by atoms with van der Waals surface area (Å²) in [4.78, 5) is 27.8. The second-order valence-corrected chi connectivity index (χ2v) is 9.33. The number of hydrogen-bond donors (Lipinski definition) is 1. The van der Waals surface area contributed by atoms with Gasteiger partial charge in [0.2, 0.25) is 0 Å². The van der Waals surface area contributed by atoms with E-state index in [2.05, 4.69) is 30.3 Å². The lowest BCUT2D eigenvalue weighted by molar-refractivity contribution is -0.139. The van der Waals surface area contributed by atoms with E-state index in [-0.39, 0.29) is 22.7 Å². The molecule has 4 aromatic carbocycles. The highest BCUT2D eigenvalue weighted by Gasteiger charge is 2.42. The summed E-state index contributed by atoms with van der Waals surface area (Å²) < 4.78 is 10.2. The molecule has 2 N–H and O–H groups in total. The molecule has 0 aliphatic carbocycles. The third-order valence-corrected chi connectivity index (χ3v) is 7.06. The first kappa shape index (κ1) is 27.0. The number of esters is 2. The Morgan fingerprint density at radius 3 is 1.66 bits per heavy atom. The van der Waals surface area contributed by atoms with Gasteiger partial charge in [0, 0.05) is 5.69 Å². The van der Waals surface area contributed by atoms with E-state index in [1.807, 2.05) is 48.5 Å². The first-order valence-corrected chi connectivity index (χ1v) is 12.9. The van der Waals surface area contributed by atoms with E-state index in [9.17, 15) is 14.9 Å². The number of nitriles is 1. The fourth-order valence-corrected chi connectivity index (χ4v) is 5.07. The van der Waals surface area contributed by atoms with Gasteiger partial charge in [0.1, 0.15) is 11.5 Å². The zero-order valence-electron chi connectivity index (χ0n) is 22.6. The minimum Gasteiger partial charge on any atom is -0.466 e. The molecule has 0 radical (unpaired) electrons. The fraction of sp³-hybridized carbons (Fsp3) is 0.0882. The molecule has 0 fully saturated rings. The Hall–Kier alpha value is -5.61. The maximum Gasteiger partial charge on any atom is 0.355 e. The minimum atomic E-state index is -0.915. The van der Waals surface area contributed by atoms with Crippen molar-refractivity contribution in [2.75, 3.05) is 19.1 Å². The molecule has 0 bridgehead atoms. The zero-order valence-corrected chi connectivity index (χ0v) is 22.6. The van der Waals surface area contributed by atoms with E-state index >= 15 is 0 Å². The first-order valence-electron chi connectivity index (χ1n) is 12.9. The topological polar surface area (TPSA) is 106 Å². The van der Waals surface area contributed by atoms with E-state index in [4.69, 9.17) is 15.2 Å². The lowest BCUT2D eigenvalue weighted by Crippen LogP contribution is -2.40. The van der Waals surface area contributed by atoms with Crippen LogP contribution in [0.4, 0.5) is 5.69 Å². The summed E-state index contributed by atoms with van der Waals surface area (Å²) in [5, 5.41) is 10.2. The van der Waals surface area contributed by atoms with Crippen LogP contribution in [0.2, 0.25) is 0 Å².